The normalized spacial score (nSPS) is 21.9. The number of hydrogen-bond donors (Lipinski definition) is 0. The van der Waals surface area contributed by atoms with E-state index in [2.05, 4.69) is 13.2 Å². The maximum atomic E-state index is 13.9. The van der Waals surface area contributed by atoms with E-state index in [0.29, 0.717) is 0 Å². The van der Waals surface area contributed by atoms with Gasteiger partial charge in [0, 0.05) is 22.3 Å². The van der Waals surface area contributed by atoms with Gasteiger partial charge in [0.15, 0.2) is 0 Å². The predicted octanol–water partition coefficient (Wildman–Crippen LogP) is 7.65. The quantitative estimate of drug-likeness (QED) is 0.205. The molecule has 216 valence electrons. The maximum Gasteiger partial charge on any atom is 0.222 e. The molecule has 0 spiro atoms. The van der Waals surface area contributed by atoms with Crippen molar-refractivity contribution in [1.29, 1.82) is 0 Å². The largest absolute Gasteiger partial charge is 0.339 e. The highest BCUT2D eigenvalue weighted by Gasteiger charge is 2.48. The highest BCUT2D eigenvalue weighted by atomic mass is 19.1. The summed E-state index contributed by atoms with van der Waals surface area (Å²) in [6.45, 7) is 7.36. The third kappa shape index (κ3) is 5.98. The van der Waals surface area contributed by atoms with Crippen LogP contribution in [0.5, 0.6) is 0 Å². The second-order valence-electron chi connectivity index (χ2n) is 9.99. The van der Waals surface area contributed by atoms with Crippen molar-refractivity contribution in [2.75, 3.05) is 13.2 Å². The van der Waals surface area contributed by atoms with E-state index in [1.165, 1.54) is 12.2 Å². The molecule has 0 aliphatic carbocycles. The van der Waals surface area contributed by atoms with Crippen molar-refractivity contribution >= 4 is 0 Å². The van der Waals surface area contributed by atoms with E-state index < -0.39 is 36.1 Å². The molecule has 2 fully saturated rings. The van der Waals surface area contributed by atoms with Crippen LogP contribution >= 0.6 is 0 Å². The first-order valence-corrected chi connectivity index (χ1v) is 13.9. The molecule has 0 unspecified atom stereocenters. The van der Waals surface area contributed by atoms with Gasteiger partial charge in [0.05, 0.1) is 13.2 Å². The van der Waals surface area contributed by atoms with Crippen LogP contribution in [0.25, 0.3) is 0 Å². The molecule has 4 nitrogen and oxygen atoms in total. The molecule has 6 rings (SSSR count). The average molecular weight is 569 g/mol. The summed E-state index contributed by atoms with van der Waals surface area (Å²) in [6.07, 6.45) is -1.30. The predicted molar refractivity (Wildman–Crippen MR) is 159 cm³/mol. The van der Waals surface area contributed by atoms with E-state index in [4.69, 9.17) is 18.9 Å². The van der Waals surface area contributed by atoms with Crippen molar-refractivity contribution in [3.63, 3.8) is 0 Å². The van der Waals surface area contributed by atoms with E-state index in [1.54, 1.807) is 0 Å². The fraction of sp³-hybridized carbons (Fsp3) is 0.222. The molecule has 0 N–H and O–H groups in total. The second kappa shape index (κ2) is 13.4. The van der Waals surface area contributed by atoms with Crippen LogP contribution in [-0.4, -0.2) is 37.8 Å². The Balaban J connectivity index is 0.000000168. The summed E-state index contributed by atoms with van der Waals surface area (Å²) >= 11 is 0. The topological polar surface area (TPSA) is 36.9 Å². The van der Waals surface area contributed by atoms with Crippen LogP contribution in [0.3, 0.4) is 0 Å². The molecule has 4 aromatic rings. The first-order chi connectivity index (χ1) is 20.5. The molecular formula is C36H34F2O4. The third-order valence-corrected chi connectivity index (χ3v) is 7.31. The van der Waals surface area contributed by atoms with Gasteiger partial charge in [0.25, 0.3) is 0 Å². The first kappa shape index (κ1) is 29.5. The molecule has 2 heterocycles. The molecule has 0 aromatic heterocycles. The van der Waals surface area contributed by atoms with E-state index >= 15 is 0 Å². The minimum absolute atomic E-state index is 0.191. The molecule has 6 heteroatoms. The number of hydrogen-bond acceptors (Lipinski definition) is 4. The Morgan fingerprint density at radius 1 is 0.524 bits per heavy atom. The summed E-state index contributed by atoms with van der Waals surface area (Å²) in [7, 11) is 0. The highest BCUT2D eigenvalue weighted by Crippen LogP contribution is 2.42. The van der Waals surface area contributed by atoms with Gasteiger partial charge in [-0.1, -0.05) is 133 Å². The zero-order chi connectivity index (χ0) is 29.4. The molecular weight excluding hydrogens is 534 g/mol. The fourth-order valence-electron chi connectivity index (χ4n) is 5.15. The van der Waals surface area contributed by atoms with Gasteiger partial charge in [0.2, 0.25) is 11.6 Å². The Labute approximate surface area is 245 Å². The summed E-state index contributed by atoms with van der Waals surface area (Å²) in [6, 6.07) is 38.5. The van der Waals surface area contributed by atoms with Gasteiger partial charge in [-0.15, -0.1) is 13.2 Å². The monoisotopic (exact) mass is 568 g/mol. The van der Waals surface area contributed by atoms with Crippen LogP contribution in [0.1, 0.15) is 22.3 Å². The van der Waals surface area contributed by atoms with Crippen LogP contribution < -0.4 is 0 Å². The van der Waals surface area contributed by atoms with Crippen molar-refractivity contribution < 1.29 is 27.7 Å². The van der Waals surface area contributed by atoms with Gasteiger partial charge in [-0.05, 0) is 0 Å². The third-order valence-electron chi connectivity index (χ3n) is 7.31. The summed E-state index contributed by atoms with van der Waals surface area (Å²) in [5, 5.41) is 0. The van der Waals surface area contributed by atoms with Gasteiger partial charge in [-0.2, -0.15) is 0 Å². The molecule has 0 bridgehead atoms. The molecule has 4 atom stereocenters. The minimum Gasteiger partial charge on any atom is -0.339 e. The van der Waals surface area contributed by atoms with E-state index in [-0.39, 0.29) is 13.2 Å². The first-order valence-electron chi connectivity index (χ1n) is 13.9. The Hall–Kier alpha value is -3.94. The van der Waals surface area contributed by atoms with E-state index in [0.717, 1.165) is 22.3 Å². The average Bonchev–Trinajstić information content (AvgIpc) is 3.74. The van der Waals surface area contributed by atoms with Crippen molar-refractivity contribution in [3.05, 3.63) is 169 Å². The molecule has 0 amide bonds. The lowest BCUT2D eigenvalue weighted by molar-refractivity contribution is -0.147. The van der Waals surface area contributed by atoms with Crippen molar-refractivity contribution in [1.82, 2.24) is 0 Å². The fourth-order valence-corrected chi connectivity index (χ4v) is 5.15. The van der Waals surface area contributed by atoms with Gasteiger partial charge in [-0.25, -0.2) is 8.78 Å². The molecule has 42 heavy (non-hydrogen) atoms. The van der Waals surface area contributed by atoms with Crippen LogP contribution in [-0.2, 0) is 30.5 Å². The Morgan fingerprint density at radius 2 is 0.786 bits per heavy atom. The van der Waals surface area contributed by atoms with Gasteiger partial charge in [-0.3, -0.25) is 0 Å². The summed E-state index contributed by atoms with van der Waals surface area (Å²) in [5.41, 5.74) is 3.43. The molecule has 2 aliphatic rings. The molecule has 2 aliphatic heterocycles. The minimum atomic E-state index is -1.25. The molecule has 0 radical (unpaired) electrons. The van der Waals surface area contributed by atoms with Crippen LogP contribution in [0.15, 0.2) is 147 Å². The van der Waals surface area contributed by atoms with Crippen molar-refractivity contribution in [2.45, 2.75) is 36.1 Å². The lowest BCUT2D eigenvalue weighted by atomic mass is 9.97. The smallest absolute Gasteiger partial charge is 0.222 e. The zero-order valence-corrected chi connectivity index (χ0v) is 23.2. The number of halogens is 2. The van der Waals surface area contributed by atoms with Crippen LogP contribution in [0.2, 0.25) is 0 Å². The second-order valence-corrected chi connectivity index (χ2v) is 9.99. The van der Waals surface area contributed by atoms with E-state index in [1.807, 2.05) is 121 Å². The lowest BCUT2D eigenvalue weighted by Crippen LogP contribution is -2.31. The Kier molecular flexibility index (Phi) is 9.40. The van der Waals surface area contributed by atoms with Gasteiger partial charge in [0.1, 0.15) is 24.6 Å². The summed E-state index contributed by atoms with van der Waals surface area (Å²) in [5.74, 6) is -2.11. The van der Waals surface area contributed by atoms with Crippen molar-refractivity contribution in [3.8, 4) is 0 Å². The van der Waals surface area contributed by atoms with E-state index in [9.17, 15) is 8.78 Å². The van der Waals surface area contributed by atoms with Gasteiger partial charge >= 0.3 is 0 Å². The molecule has 4 aromatic carbocycles. The Bertz CT molecular complexity index is 1230. The SMILES string of the molecule is C=C[C@@H](F)[C@H]1COC(c2ccccc2)(c2ccccc2)O1.C=C[C@@H](F)[C@H]1COC(c2ccccc2)(c2ccccc2)O1. The maximum absolute atomic E-state index is 13.9. The molecule has 0 saturated carbocycles. The van der Waals surface area contributed by atoms with Crippen molar-refractivity contribution in [2.24, 2.45) is 0 Å². The Morgan fingerprint density at radius 3 is 1.02 bits per heavy atom. The summed E-state index contributed by atoms with van der Waals surface area (Å²) < 4.78 is 51.7. The number of alkyl halides is 2. The van der Waals surface area contributed by atoms with Gasteiger partial charge < -0.3 is 18.9 Å². The number of ether oxygens (including phenoxy) is 4. The zero-order valence-electron chi connectivity index (χ0n) is 23.2. The number of rotatable bonds is 8. The lowest BCUT2D eigenvalue weighted by Gasteiger charge is -2.29. The standard InChI is InChI=1S/2C18H17FO2/c2*1-2-16(19)17-13-20-18(21-17,14-9-5-3-6-10-14)15-11-7-4-8-12-15/h2*2-12,16-17H,1,13H2/t2*16-,17-/m11/s1. The highest BCUT2D eigenvalue weighted by molar-refractivity contribution is 5.36. The number of benzene rings is 4. The summed E-state index contributed by atoms with van der Waals surface area (Å²) in [4.78, 5) is 0. The molecule has 2 saturated heterocycles. The van der Waals surface area contributed by atoms with Crippen LogP contribution in [0, 0.1) is 0 Å². The van der Waals surface area contributed by atoms with Crippen LogP contribution in [0.4, 0.5) is 8.78 Å².